The Hall–Kier alpha value is -0.570. The fraction of sp³-hybridized carbons (Fsp3) is 0. The molecule has 1 N–H and O–H groups in total. The molecule has 2 atom stereocenters. The van der Waals surface area contributed by atoms with Crippen molar-refractivity contribution in [2.45, 2.75) is 0 Å². The van der Waals surface area contributed by atoms with Crippen LogP contribution in [0.4, 0.5) is 0 Å². The summed E-state index contributed by atoms with van der Waals surface area (Å²) in [5, 5.41) is 0.502. The van der Waals surface area contributed by atoms with E-state index >= 15 is 0 Å². The molecule has 1 aromatic rings. The van der Waals surface area contributed by atoms with Crippen LogP contribution in [0.25, 0.3) is 0 Å². The molecule has 14 heavy (non-hydrogen) atoms. The van der Waals surface area contributed by atoms with Crippen LogP contribution < -0.4 is 4.52 Å². The summed E-state index contributed by atoms with van der Waals surface area (Å²) in [5.74, 6) is 0.243. The maximum Gasteiger partial charge on any atom is 0.800 e. The molecule has 0 bridgehead atoms. The van der Waals surface area contributed by atoms with E-state index < -0.39 is 16.5 Å². The zero-order valence-electron chi connectivity index (χ0n) is 6.66. The zero-order valence-corrected chi connectivity index (χ0v) is 9.21. The molecule has 0 aliphatic heterocycles. The molecule has 8 heteroatoms. The van der Waals surface area contributed by atoms with E-state index in [0.29, 0.717) is 5.02 Å². The standard InChI is InChI=1S/C6H4ClO5P2/c7-5-1-3-6(4-2-5)11-14(10)12-13(8)9/h1-4H/q+1/p+1. The van der Waals surface area contributed by atoms with E-state index in [1.165, 1.54) is 24.3 Å². The first-order valence-corrected chi connectivity index (χ1v) is 5.93. The largest absolute Gasteiger partial charge is 0.800 e. The summed E-state index contributed by atoms with van der Waals surface area (Å²) in [4.78, 5) is 8.25. The molecule has 1 aromatic carbocycles. The van der Waals surface area contributed by atoms with Crippen molar-refractivity contribution in [1.29, 1.82) is 0 Å². The summed E-state index contributed by atoms with van der Waals surface area (Å²) in [6.07, 6.45) is 0. The first-order valence-electron chi connectivity index (χ1n) is 3.33. The second-order valence-electron chi connectivity index (χ2n) is 2.09. The van der Waals surface area contributed by atoms with Gasteiger partial charge in [0.15, 0.2) is 10.1 Å². The van der Waals surface area contributed by atoms with Gasteiger partial charge in [0, 0.05) is 14.2 Å². The average molecular weight is 255 g/mol. The van der Waals surface area contributed by atoms with Crippen molar-refractivity contribution in [3.05, 3.63) is 29.3 Å². The third-order valence-electron chi connectivity index (χ3n) is 1.13. The molecule has 0 amide bonds. The van der Waals surface area contributed by atoms with Crippen LogP contribution >= 0.6 is 28.1 Å². The Bertz CT molecular complexity index is 352. The van der Waals surface area contributed by atoms with Crippen LogP contribution in [0.3, 0.4) is 0 Å². The van der Waals surface area contributed by atoms with Crippen molar-refractivity contribution in [3.63, 3.8) is 0 Å². The second kappa shape index (κ2) is 5.35. The average Bonchev–Trinajstić information content (AvgIpc) is 2.07. The molecular weight excluding hydrogens is 249 g/mol. The summed E-state index contributed by atoms with van der Waals surface area (Å²) in [5.41, 5.74) is 0. The molecular formula is C6H5ClO5P2+2. The van der Waals surface area contributed by atoms with E-state index in [1.807, 2.05) is 0 Å². The van der Waals surface area contributed by atoms with Gasteiger partial charge >= 0.3 is 16.5 Å². The van der Waals surface area contributed by atoms with E-state index in [4.69, 9.17) is 16.5 Å². The van der Waals surface area contributed by atoms with Gasteiger partial charge in [0.1, 0.15) is 0 Å². The van der Waals surface area contributed by atoms with Gasteiger partial charge in [-0.05, 0) is 24.3 Å². The maximum absolute atomic E-state index is 10.8. The topological polar surface area (TPSA) is 72.8 Å². The SMILES string of the molecule is O=[P+](O)O[P+](=O)Oc1ccc(Cl)cc1. The molecule has 0 heterocycles. The molecule has 74 valence electrons. The van der Waals surface area contributed by atoms with E-state index in [2.05, 4.69) is 8.83 Å². The van der Waals surface area contributed by atoms with Crippen molar-refractivity contribution in [2.75, 3.05) is 0 Å². The van der Waals surface area contributed by atoms with Gasteiger partial charge in [0.2, 0.25) is 0 Å². The van der Waals surface area contributed by atoms with Crippen LogP contribution in [-0.4, -0.2) is 4.89 Å². The lowest BCUT2D eigenvalue weighted by molar-refractivity contribution is 0.375. The van der Waals surface area contributed by atoms with Gasteiger partial charge in [-0.3, -0.25) is 0 Å². The predicted molar refractivity (Wildman–Crippen MR) is 50.6 cm³/mol. The molecule has 2 unspecified atom stereocenters. The van der Waals surface area contributed by atoms with Crippen LogP contribution in [-0.2, 0) is 13.4 Å². The Balaban J connectivity index is 2.56. The van der Waals surface area contributed by atoms with Crippen LogP contribution in [0.5, 0.6) is 5.75 Å². The Kier molecular flexibility index (Phi) is 4.39. The highest BCUT2D eigenvalue weighted by Crippen LogP contribution is 2.37. The van der Waals surface area contributed by atoms with Gasteiger partial charge in [-0.25, -0.2) is 4.52 Å². The van der Waals surface area contributed by atoms with Crippen LogP contribution in [0, 0.1) is 0 Å². The lowest BCUT2D eigenvalue weighted by Gasteiger charge is -1.89. The van der Waals surface area contributed by atoms with Gasteiger partial charge in [-0.1, -0.05) is 11.6 Å². The molecule has 0 saturated carbocycles. The smallest absolute Gasteiger partial charge is 0.227 e. The molecule has 0 spiro atoms. The summed E-state index contributed by atoms with van der Waals surface area (Å²) < 4.78 is 29.6. The molecule has 0 radical (unpaired) electrons. The highest BCUT2D eigenvalue weighted by molar-refractivity contribution is 7.47. The monoisotopic (exact) mass is 254 g/mol. The second-order valence-corrected chi connectivity index (χ2v) is 4.28. The zero-order chi connectivity index (χ0) is 10.6. The Labute approximate surface area is 86.5 Å². The van der Waals surface area contributed by atoms with Gasteiger partial charge in [-0.15, -0.1) is 4.89 Å². The lowest BCUT2D eigenvalue weighted by Crippen LogP contribution is -1.80. The number of halogens is 1. The van der Waals surface area contributed by atoms with E-state index in [9.17, 15) is 9.13 Å². The van der Waals surface area contributed by atoms with Gasteiger partial charge < -0.3 is 0 Å². The maximum atomic E-state index is 10.8. The molecule has 1 rings (SSSR count). The summed E-state index contributed by atoms with van der Waals surface area (Å²) >= 11 is 5.59. The predicted octanol–water partition coefficient (Wildman–Crippen LogP) is 3.04. The number of benzene rings is 1. The lowest BCUT2D eigenvalue weighted by atomic mass is 10.3. The molecule has 0 saturated heterocycles. The number of hydrogen-bond acceptors (Lipinski definition) is 4. The van der Waals surface area contributed by atoms with E-state index in [1.54, 1.807) is 0 Å². The van der Waals surface area contributed by atoms with Crippen LogP contribution in [0.15, 0.2) is 24.3 Å². The van der Waals surface area contributed by atoms with Crippen molar-refractivity contribution < 1.29 is 22.9 Å². The number of rotatable bonds is 4. The number of hydrogen-bond donors (Lipinski definition) is 1. The Morgan fingerprint density at radius 2 is 1.79 bits per heavy atom. The molecule has 0 aliphatic carbocycles. The quantitative estimate of drug-likeness (QED) is 0.836. The first kappa shape index (κ1) is 11.5. The molecule has 0 fully saturated rings. The third kappa shape index (κ3) is 4.09. The van der Waals surface area contributed by atoms with Crippen LogP contribution in [0.2, 0.25) is 5.02 Å². The minimum atomic E-state index is -2.93. The fourth-order valence-electron chi connectivity index (χ4n) is 0.655. The normalized spacial score (nSPS) is 12.1. The summed E-state index contributed by atoms with van der Waals surface area (Å²) in [6, 6.07) is 5.98. The van der Waals surface area contributed by atoms with Gasteiger partial charge in [0.05, 0.1) is 0 Å². The minimum Gasteiger partial charge on any atom is -0.227 e. The van der Waals surface area contributed by atoms with Crippen LogP contribution in [0.1, 0.15) is 0 Å². The Morgan fingerprint density at radius 3 is 2.29 bits per heavy atom. The van der Waals surface area contributed by atoms with Gasteiger partial charge in [-0.2, -0.15) is 0 Å². The van der Waals surface area contributed by atoms with Crippen molar-refractivity contribution in [3.8, 4) is 5.75 Å². The van der Waals surface area contributed by atoms with E-state index in [-0.39, 0.29) is 5.75 Å². The molecule has 5 nitrogen and oxygen atoms in total. The molecule has 0 aliphatic rings. The van der Waals surface area contributed by atoms with Crippen molar-refractivity contribution in [2.24, 2.45) is 0 Å². The third-order valence-corrected chi connectivity index (χ3v) is 2.83. The summed E-state index contributed by atoms with van der Waals surface area (Å²) in [7, 11) is -5.56. The Morgan fingerprint density at radius 1 is 1.21 bits per heavy atom. The fourth-order valence-corrected chi connectivity index (χ4v) is 1.66. The highest BCUT2D eigenvalue weighted by atomic mass is 35.5. The summed E-state index contributed by atoms with van der Waals surface area (Å²) in [6.45, 7) is 0. The van der Waals surface area contributed by atoms with E-state index in [0.717, 1.165) is 0 Å². The molecule has 0 aromatic heterocycles. The van der Waals surface area contributed by atoms with Gasteiger partial charge in [0.25, 0.3) is 0 Å². The highest BCUT2D eigenvalue weighted by Gasteiger charge is 2.37. The first-order chi connectivity index (χ1) is 6.58. The van der Waals surface area contributed by atoms with Crippen molar-refractivity contribution >= 4 is 28.1 Å². The van der Waals surface area contributed by atoms with Crippen molar-refractivity contribution in [1.82, 2.24) is 0 Å². The minimum absolute atomic E-state index is 0.243.